The van der Waals surface area contributed by atoms with Crippen molar-refractivity contribution in [2.45, 2.75) is 6.92 Å². The van der Waals surface area contributed by atoms with Gasteiger partial charge in [-0.2, -0.15) is 0 Å². The van der Waals surface area contributed by atoms with Crippen LogP contribution in [0.3, 0.4) is 0 Å². The van der Waals surface area contributed by atoms with Gasteiger partial charge in [0.2, 0.25) is 0 Å². The standard InChI is InChI=1S/C10H11NO2/c1-7-2-4-9(11)6-8(7)3-5-10(12)13/h2-6H,11H2,1H3,(H,12,13)/b5-3+. The van der Waals surface area contributed by atoms with Crippen LogP contribution in [0.1, 0.15) is 11.1 Å². The van der Waals surface area contributed by atoms with Crippen LogP contribution in [0.25, 0.3) is 6.08 Å². The number of carbonyl (C=O) groups is 1. The molecule has 0 fully saturated rings. The van der Waals surface area contributed by atoms with Crippen molar-refractivity contribution in [3.05, 3.63) is 35.4 Å². The number of aryl methyl sites for hydroxylation is 1. The minimum atomic E-state index is -0.957. The molecule has 0 amide bonds. The first-order chi connectivity index (χ1) is 6.09. The Morgan fingerprint density at radius 1 is 1.54 bits per heavy atom. The maximum absolute atomic E-state index is 10.3. The van der Waals surface area contributed by atoms with Gasteiger partial charge in [0, 0.05) is 11.8 Å². The van der Waals surface area contributed by atoms with E-state index in [4.69, 9.17) is 10.8 Å². The van der Waals surface area contributed by atoms with Crippen LogP contribution in [0.2, 0.25) is 0 Å². The summed E-state index contributed by atoms with van der Waals surface area (Å²) in [5, 5.41) is 8.42. The van der Waals surface area contributed by atoms with Crippen LogP contribution in [0.5, 0.6) is 0 Å². The number of aliphatic carboxylic acids is 1. The fourth-order valence-electron chi connectivity index (χ4n) is 1.000. The molecular weight excluding hydrogens is 166 g/mol. The first-order valence-electron chi connectivity index (χ1n) is 3.87. The number of carboxylic acids is 1. The maximum Gasteiger partial charge on any atom is 0.328 e. The second-order valence-corrected chi connectivity index (χ2v) is 2.79. The van der Waals surface area contributed by atoms with Gasteiger partial charge in [-0.05, 0) is 36.3 Å². The number of anilines is 1. The SMILES string of the molecule is Cc1ccc(N)cc1/C=C/C(=O)O. The Labute approximate surface area is 76.5 Å². The van der Waals surface area contributed by atoms with Crippen LogP contribution >= 0.6 is 0 Å². The highest BCUT2D eigenvalue weighted by atomic mass is 16.4. The molecule has 13 heavy (non-hydrogen) atoms. The summed E-state index contributed by atoms with van der Waals surface area (Å²) in [6.45, 7) is 1.90. The molecule has 0 aromatic heterocycles. The molecule has 0 atom stereocenters. The average molecular weight is 177 g/mol. The van der Waals surface area contributed by atoms with E-state index in [1.54, 1.807) is 12.1 Å². The second kappa shape index (κ2) is 3.76. The van der Waals surface area contributed by atoms with Crippen molar-refractivity contribution in [3.8, 4) is 0 Å². The molecule has 1 rings (SSSR count). The zero-order valence-electron chi connectivity index (χ0n) is 7.32. The molecule has 68 valence electrons. The predicted molar refractivity (Wildman–Crippen MR) is 52.3 cm³/mol. The van der Waals surface area contributed by atoms with Crippen LogP contribution in [-0.4, -0.2) is 11.1 Å². The molecule has 0 radical (unpaired) electrons. The third kappa shape index (κ3) is 2.63. The average Bonchev–Trinajstić information content (AvgIpc) is 2.06. The summed E-state index contributed by atoms with van der Waals surface area (Å²) in [6.07, 6.45) is 2.63. The lowest BCUT2D eigenvalue weighted by Gasteiger charge is -2.00. The number of rotatable bonds is 2. The number of nitrogen functional groups attached to an aromatic ring is 1. The quantitative estimate of drug-likeness (QED) is 0.533. The Balaban J connectivity index is 3.00. The number of carboxylic acid groups (broad SMARTS) is 1. The van der Waals surface area contributed by atoms with Crippen molar-refractivity contribution in [1.29, 1.82) is 0 Å². The van der Waals surface area contributed by atoms with Gasteiger partial charge in [0.05, 0.1) is 0 Å². The van der Waals surface area contributed by atoms with E-state index in [1.807, 2.05) is 13.0 Å². The Morgan fingerprint density at radius 2 is 2.23 bits per heavy atom. The van der Waals surface area contributed by atoms with Crippen LogP contribution < -0.4 is 5.73 Å². The van der Waals surface area contributed by atoms with E-state index in [0.29, 0.717) is 5.69 Å². The summed E-state index contributed by atoms with van der Waals surface area (Å²) in [6, 6.07) is 5.39. The zero-order chi connectivity index (χ0) is 9.84. The van der Waals surface area contributed by atoms with E-state index >= 15 is 0 Å². The highest BCUT2D eigenvalue weighted by Gasteiger charge is 1.95. The fraction of sp³-hybridized carbons (Fsp3) is 0.100. The van der Waals surface area contributed by atoms with Crippen LogP contribution in [0, 0.1) is 6.92 Å². The molecule has 3 nitrogen and oxygen atoms in total. The molecule has 0 aliphatic heterocycles. The third-order valence-electron chi connectivity index (χ3n) is 1.71. The molecule has 3 heteroatoms. The van der Waals surface area contributed by atoms with Gasteiger partial charge in [0.1, 0.15) is 0 Å². The minimum Gasteiger partial charge on any atom is -0.478 e. The first-order valence-corrected chi connectivity index (χ1v) is 3.87. The summed E-state index contributed by atoms with van der Waals surface area (Å²) in [7, 11) is 0. The van der Waals surface area contributed by atoms with E-state index in [-0.39, 0.29) is 0 Å². The van der Waals surface area contributed by atoms with Gasteiger partial charge in [0.15, 0.2) is 0 Å². The lowest BCUT2D eigenvalue weighted by Crippen LogP contribution is -1.89. The smallest absolute Gasteiger partial charge is 0.328 e. The Morgan fingerprint density at radius 3 is 2.85 bits per heavy atom. The molecule has 1 aromatic rings. The lowest BCUT2D eigenvalue weighted by molar-refractivity contribution is -0.131. The monoisotopic (exact) mass is 177 g/mol. The predicted octanol–water partition coefficient (Wildman–Crippen LogP) is 1.68. The molecule has 0 bridgehead atoms. The lowest BCUT2D eigenvalue weighted by atomic mass is 10.1. The van der Waals surface area contributed by atoms with Crippen molar-refractivity contribution in [1.82, 2.24) is 0 Å². The molecule has 0 saturated carbocycles. The molecule has 0 aliphatic rings. The van der Waals surface area contributed by atoms with E-state index in [1.165, 1.54) is 6.08 Å². The molecule has 0 saturated heterocycles. The largest absolute Gasteiger partial charge is 0.478 e. The molecule has 0 aliphatic carbocycles. The summed E-state index contributed by atoms with van der Waals surface area (Å²) < 4.78 is 0. The highest BCUT2D eigenvalue weighted by Crippen LogP contribution is 2.13. The summed E-state index contributed by atoms with van der Waals surface area (Å²) in [4.78, 5) is 10.3. The third-order valence-corrected chi connectivity index (χ3v) is 1.71. The van der Waals surface area contributed by atoms with Crippen molar-refractivity contribution in [2.24, 2.45) is 0 Å². The summed E-state index contributed by atoms with van der Waals surface area (Å²) >= 11 is 0. The highest BCUT2D eigenvalue weighted by molar-refractivity contribution is 5.85. The number of benzene rings is 1. The molecule has 0 unspecified atom stereocenters. The van der Waals surface area contributed by atoms with Crippen molar-refractivity contribution < 1.29 is 9.90 Å². The van der Waals surface area contributed by atoms with Gasteiger partial charge >= 0.3 is 5.97 Å². The van der Waals surface area contributed by atoms with Gasteiger partial charge in [-0.1, -0.05) is 6.07 Å². The molecule has 0 spiro atoms. The van der Waals surface area contributed by atoms with E-state index < -0.39 is 5.97 Å². The normalized spacial score (nSPS) is 10.5. The fourth-order valence-corrected chi connectivity index (χ4v) is 1.000. The van der Waals surface area contributed by atoms with Crippen molar-refractivity contribution >= 4 is 17.7 Å². The van der Waals surface area contributed by atoms with Gasteiger partial charge in [0.25, 0.3) is 0 Å². The van der Waals surface area contributed by atoms with Crippen LogP contribution in [0.4, 0.5) is 5.69 Å². The topological polar surface area (TPSA) is 63.3 Å². The van der Waals surface area contributed by atoms with E-state index in [9.17, 15) is 4.79 Å². The van der Waals surface area contributed by atoms with Crippen molar-refractivity contribution in [2.75, 3.05) is 5.73 Å². The molecule has 0 heterocycles. The maximum atomic E-state index is 10.3. The van der Waals surface area contributed by atoms with Gasteiger partial charge in [-0.3, -0.25) is 0 Å². The van der Waals surface area contributed by atoms with E-state index in [0.717, 1.165) is 17.2 Å². The molecule has 1 aromatic carbocycles. The first kappa shape index (κ1) is 9.32. The number of hydrogen-bond acceptors (Lipinski definition) is 2. The van der Waals surface area contributed by atoms with Crippen LogP contribution in [0.15, 0.2) is 24.3 Å². The summed E-state index contributed by atoms with van der Waals surface area (Å²) in [5.74, 6) is -0.957. The van der Waals surface area contributed by atoms with Crippen LogP contribution in [-0.2, 0) is 4.79 Å². The second-order valence-electron chi connectivity index (χ2n) is 2.79. The molecular formula is C10H11NO2. The van der Waals surface area contributed by atoms with Gasteiger partial charge in [-0.15, -0.1) is 0 Å². The minimum absolute atomic E-state index is 0.635. The zero-order valence-corrected chi connectivity index (χ0v) is 7.32. The van der Waals surface area contributed by atoms with Crippen molar-refractivity contribution in [3.63, 3.8) is 0 Å². The summed E-state index contributed by atoms with van der Waals surface area (Å²) in [5.41, 5.74) is 8.03. The van der Waals surface area contributed by atoms with Gasteiger partial charge in [-0.25, -0.2) is 4.79 Å². The molecule has 3 N–H and O–H groups in total. The van der Waals surface area contributed by atoms with E-state index in [2.05, 4.69) is 0 Å². The van der Waals surface area contributed by atoms with Gasteiger partial charge < -0.3 is 10.8 Å². The number of nitrogens with two attached hydrogens (primary N) is 1. The Bertz CT molecular complexity index is 356. The number of hydrogen-bond donors (Lipinski definition) is 2. The Hall–Kier alpha value is -1.77. The Kier molecular flexibility index (Phi) is 2.69.